The van der Waals surface area contributed by atoms with E-state index in [0.717, 1.165) is 27.6 Å². The molecule has 4 nitrogen and oxygen atoms in total. The zero-order valence-electron chi connectivity index (χ0n) is 13.0. The fourth-order valence-corrected chi connectivity index (χ4v) is 2.72. The third-order valence-electron chi connectivity index (χ3n) is 3.94. The van der Waals surface area contributed by atoms with Crippen LogP contribution in [0.5, 0.6) is 0 Å². The minimum atomic E-state index is -0.160. The fraction of sp³-hybridized carbons (Fsp3) is 0.222. The van der Waals surface area contributed by atoms with Crippen LogP contribution in [-0.4, -0.2) is 16.1 Å². The van der Waals surface area contributed by atoms with Crippen LogP contribution in [-0.2, 0) is 0 Å². The predicted molar refractivity (Wildman–Crippen MR) is 87.9 cm³/mol. The van der Waals surface area contributed by atoms with Gasteiger partial charge in [0.1, 0.15) is 0 Å². The largest absolute Gasteiger partial charge is 0.344 e. The molecular formula is C18H19N3O. The normalized spacial score (nSPS) is 12.3. The quantitative estimate of drug-likeness (QED) is 0.774. The second-order valence-corrected chi connectivity index (χ2v) is 5.67. The van der Waals surface area contributed by atoms with Crippen LogP contribution in [0.15, 0.2) is 42.5 Å². The Morgan fingerprint density at radius 2 is 1.95 bits per heavy atom. The second kappa shape index (κ2) is 5.64. The summed E-state index contributed by atoms with van der Waals surface area (Å²) in [7, 11) is 0. The highest BCUT2D eigenvalue weighted by Crippen LogP contribution is 2.20. The van der Waals surface area contributed by atoms with Crippen LogP contribution in [0, 0.1) is 13.8 Å². The molecule has 0 aliphatic heterocycles. The van der Waals surface area contributed by atoms with Gasteiger partial charge < -0.3 is 5.32 Å². The van der Waals surface area contributed by atoms with Gasteiger partial charge in [0.25, 0.3) is 5.91 Å². The Labute approximate surface area is 129 Å². The molecular weight excluding hydrogens is 274 g/mol. The van der Waals surface area contributed by atoms with Crippen molar-refractivity contribution in [3.63, 3.8) is 0 Å². The molecule has 112 valence electrons. The zero-order chi connectivity index (χ0) is 15.7. The summed E-state index contributed by atoms with van der Waals surface area (Å²) < 4.78 is 0. The van der Waals surface area contributed by atoms with Gasteiger partial charge in [-0.25, -0.2) is 0 Å². The van der Waals surface area contributed by atoms with Crippen molar-refractivity contribution in [2.75, 3.05) is 0 Å². The first-order valence-electron chi connectivity index (χ1n) is 7.37. The van der Waals surface area contributed by atoms with Crippen LogP contribution >= 0.6 is 0 Å². The van der Waals surface area contributed by atoms with Gasteiger partial charge >= 0.3 is 0 Å². The van der Waals surface area contributed by atoms with Gasteiger partial charge in [-0.2, -0.15) is 5.10 Å². The number of aromatic nitrogens is 2. The van der Waals surface area contributed by atoms with E-state index in [1.807, 2.05) is 63.2 Å². The van der Waals surface area contributed by atoms with Gasteiger partial charge in [0.2, 0.25) is 0 Å². The van der Waals surface area contributed by atoms with Crippen molar-refractivity contribution in [1.82, 2.24) is 15.5 Å². The maximum absolute atomic E-state index is 12.5. The van der Waals surface area contributed by atoms with Gasteiger partial charge in [-0.15, -0.1) is 0 Å². The molecule has 1 aromatic heterocycles. The van der Waals surface area contributed by atoms with Gasteiger partial charge in [-0.05, 0) is 44.0 Å². The molecule has 0 aliphatic rings. The van der Waals surface area contributed by atoms with Crippen molar-refractivity contribution >= 4 is 16.8 Å². The number of hydrogen-bond acceptors (Lipinski definition) is 2. The van der Waals surface area contributed by atoms with Crippen LogP contribution < -0.4 is 5.32 Å². The molecule has 1 unspecified atom stereocenters. The van der Waals surface area contributed by atoms with E-state index in [0.29, 0.717) is 5.69 Å². The van der Waals surface area contributed by atoms with E-state index in [4.69, 9.17) is 0 Å². The molecule has 1 heterocycles. The molecule has 0 fully saturated rings. The minimum absolute atomic E-state index is 0.0646. The molecule has 3 aromatic rings. The minimum Gasteiger partial charge on any atom is -0.344 e. The topological polar surface area (TPSA) is 57.8 Å². The lowest BCUT2D eigenvalue weighted by Gasteiger charge is -2.15. The Bertz CT molecular complexity index is 835. The van der Waals surface area contributed by atoms with Crippen LogP contribution in [0.3, 0.4) is 0 Å². The Hall–Kier alpha value is -2.62. The lowest BCUT2D eigenvalue weighted by molar-refractivity contribution is 0.0936. The number of fused-ring (bicyclic) bond motifs is 1. The van der Waals surface area contributed by atoms with Crippen molar-refractivity contribution in [2.45, 2.75) is 26.8 Å². The number of H-pyrrole nitrogens is 1. The molecule has 2 N–H and O–H groups in total. The van der Waals surface area contributed by atoms with Crippen LogP contribution in [0.1, 0.15) is 40.1 Å². The summed E-state index contributed by atoms with van der Waals surface area (Å²) in [6.45, 7) is 6.04. The van der Waals surface area contributed by atoms with Crippen LogP contribution in [0.25, 0.3) is 10.9 Å². The first-order valence-corrected chi connectivity index (χ1v) is 7.37. The highest BCUT2D eigenvalue weighted by atomic mass is 16.2. The van der Waals surface area contributed by atoms with E-state index in [9.17, 15) is 4.79 Å². The third-order valence-corrected chi connectivity index (χ3v) is 3.94. The number of aryl methyl sites for hydroxylation is 2. The van der Waals surface area contributed by atoms with Crippen LogP contribution in [0.4, 0.5) is 0 Å². The van der Waals surface area contributed by atoms with Crippen molar-refractivity contribution in [2.24, 2.45) is 0 Å². The fourth-order valence-electron chi connectivity index (χ4n) is 2.72. The Morgan fingerprint density at radius 3 is 2.73 bits per heavy atom. The van der Waals surface area contributed by atoms with Gasteiger partial charge in [0.05, 0.1) is 11.6 Å². The summed E-state index contributed by atoms with van der Waals surface area (Å²) in [4.78, 5) is 12.5. The van der Waals surface area contributed by atoms with Crippen molar-refractivity contribution < 1.29 is 4.79 Å². The molecule has 0 spiro atoms. The molecule has 0 saturated heterocycles. The third kappa shape index (κ3) is 2.60. The monoisotopic (exact) mass is 293 g/mol. The number of amides is 1. The molecule has 1 amide bonds. The van der Waals surface area contributed by atoms with Crippen LogP contribution in [0.2, 0.25) is 0 Å². The number of nitrogens with one attached hydrogen (secondary N) is 2. The molecule has 22 heavy (non-hydrogen) atoms. The molecule has 0 radical (unpaired) electrons. The smallest absolute Gasteiger partial charge is 0.272 e. The van der Waals surface area contributed by atoms with Gasteiger partial charge in [0, 0.05) is 5.39 Å². The standard InChI is InChI=1S/C18H19N3O/c1-11-8-9-16-15(10-11)17(21-20-16)18(22)19-13(3)14-7-5-4-6-12(14)2/h4-10,13H,1-3H3,(H,19,22)(H,20,21). The van der Waals surface area contributed by atoms with E-state index in [2.05, 4.69) is 15.5 Å². The van der Waals surface area contributed by atoms with Crippen molar-refractivity contribution in [3.8, 4) is 0 Å². The number of carbonyl (C=O) groups is 1. The summed E-state index contributed by atoms with van der Waals surface area (Å²) in [5.41, 5.74) is 4.71. The van der Waals surface area contributed by atoms with E-state index in [1.165, 1.54) is 0 Å². The Balaban J connectivity index is 1.87. The Morgan fingerprint density at radius 1 is 1.18 bits per heavy atom. The molecule has 4 heteroatoms. The molecule has 1 atom stereocenters. The number of aromatic amines is 1. The molecule has 0 saturated carbocycles. The number of carbonyl (C=O) groups excluding carboxylic acids is 1. The lowest BCUT2D eigenvalue weighted by atomic mass is 10.0. The van der Waals surface area contributed by atoms with E-state index in [-0.39, 0.29) is 11.9 Å². The number of benzene rings is 2. The molecule has 2 aromatic carbocycles. The van der Waals surface area contributed by atoms with E-state index >= 15 is 0 Å². The SMILES string of the molecule is Cc1ccc2[nH]nc(C(=O)NC(C)c3ccccc3C)c2c1. The first-order chi connectivity index (χ1) is 10.6. The van der Waals surface area contributed by atoms with Crippen molar-refractivity contribution in [3.05, 3.63) is 64.8 Å². The zero-order valence-corrected chi connectivity index (χ0v) is 13.0. The van der Waals surface area contributed by atoms with Gasteiger partial charge in [0.15, 0.2) is 5.69 Å². The molecule has 0 bridgehead atoms. The summed E-state index contributed by atoms with van der Waals surface area (Å²) >= 11 is 0. The summed E-state index contributed by atoms with van der Waals surface area (Å²) in [5, 5.41) is 11.0. The highest BCUT2D eigenvalue weighted by Gasteiger charge is 2.17. The van der Waals surface area contributed by atoms with Gasteiger partial charge in [-0.1, -0.05) is 35.9 Å². The maximum Gasteiger partial charge on any atom is 0.272 e. The Kier molecular flexibility index (Phi) is 3.67. The lowest BCUT2D eigenvalue weighted by Crippen LogP contribution is -2.27. The summed E-state index contributed by atoms with van der Waals surface area (Å²) in [5.74, 6) is -0.160. The summed E-state index contributed by atoms with van der Waals surface area (Å²) in [6.07, 6.45) is 0. The first kappa shape index (κ1) is 14.3. The predicted octanol–water partition coefficient (Wildman–Crippen LogP) is 3.67. The average molecular weight is 293 g/mol. The van der Waals surface area contributed by atoms with E-state index in [1.54, 1.807) is 0 Å². The second-order valence-electron chi connectivity index (χ2n) is 5.67. The van der Waals surface area contributed by atoms with Crippen molar-refractivity contribution in [1.29, 1.82) is 0 Å². The summed E-state index contributed by atoms with van der Waals surface area (Å²) in [6, 6.07) is 13.9. The van der Waals surface area contributed by atoms with Gasteiger partial charge in [-0.3, -0.25) is 9.89 Å². The number of hydrogen-bond donors (Lipinski definition) is 2. The number of rotatable bonds is 3. The number of nitrogens with zero attached hydrogens (tertiary/aromatic N) is 1. The molecule has 0 aliphatic carbocycles. The average Bonchev–Trinajstić information content (AvgIpc) is 2.90. The molecule has 3 rings (SSSR count). The maximum atomic E-state index is 12.5. The highest BCUT2D eigenvalue weighted by molar-refractivity contribution is 6.04. The van der Waals surface area contributed by atoms with E-state index < -0.39 is 0 Å².